The second-order valence-corrected chi connectivity index (χ2v) is 6.87. The highest BCUT2D eigenvalue weighted by molar-refractivity contribution is 7.89. The number of aliphatic hydroxyl groups is 1. The maximum Gasteiger partial charge on any atom is 0.242 e. The van der Waals surface area contributed by atoms with Gasteiger partial charge in [-0.1, -0.05) is 0 Å². The van der Waals surface area contributed by atoms with Crippen molar-refractivity contribution in [3.05, 3.63) is 24.3 Å². The van der Waals surface area contributed by atoms with Gasteiger partial charge in [-0.3, -0.25) is 0 Å². The second kappa shape index (κ2) is 6.88. The average Bonchev–Trinajstić information content (AvgIpc) is 2.36. The molecule has 0 saturated carbocycles. The molecule has 0 heterocycles. The standard InChI is InChI=1S/C13H22N2O3S/c1-11(5-4-10-16)14-12-6-8-13(9-7-12)19(17,18)15(2)3/h6-9,11,14,16H,4-5,10H2,1-3H3. The summed E-state index contributed by atoms with van der Waals surface area (Å²) < 4.78 is 25.0. The van der Waals surface area contributed by atoms with Crippen LogP contribution in [0.5, 0.6) is 0 Å². The smallest absolute Gasteiger partial charge is 0.242 e. The lowest BCUT2D eigenvalue weighted by molar-refractivity contribution is 0.282. The highest BCUT2D eigenvalue weighted by Crippen LogP contribution is 2.17. The van der Waals surface area contributed by atoms with Crippen LogP contribution in [0, 0.1) is 0 Å². The monoisotopic (exact) mass is 286 g/mol. The summed E-state index contributed by atoms with van der Waals surface area (Å²) in [6.07, 6.45) is 1.62. The molecule has 19 heavy (non-hydrogen) atoms. The molecule has 0 spiro atoms. The molecule has 0 aromatic heterocycles. The van der Waals surface area contributed by atoms with Crippen LogP contribution in [0.4, 0.5) is 5.69 Å². The third-order valence-corrected chi connectivity index (χ3v) is 4.67. The Labute approximate surface area is 115 Å². The predicted octanol–water partition coefficient (Wildman–Crippen LogP) is 1.51. The Hall–Kier alpha value is -1.11. The van der Waals surface area contributed by atoms with Gasteiger partial charge < -0.3 is 10.4 Å². The average molecular weight is 286 g/mol. The Bertz CT molecular complexity index is 483. The molecule has 1 atom stereocenters. The molecule has 0 amide bonds. The van der Waals surface area contributed by atoms with Crippen molar-refractivity contribution in [1.82, 2.24) is 4.31 Å². The van der Waals surface area contributed by atoms with Gasteiger partial charge in [0, 0.05) is 32.4 Å². The summed E-state index contributed by atoms with van der Waals surface area (Å²) in [5, 5.41) is 12.0. The first kappa shape index (κ1) is 15.9. The van der Waals surface area contributed by atoms with Crippen molar-refractivity contribution in [2.75, 3.05) is 26.0 Å². The van der Waals surface area contributed by atoms with Crippen molar-refractivity contribution in [2.24, 2.45) is 0 Å². The van der Waals surface area contributed by atoms with Crippen molar-refractivity contribution in [2.45, 2.75) is 30.7 Å². The van der Waals surface area contributed by atoms with E-state index in [1.54, 1.807) is 24.3 Å². The first-order valence-electron chi connectivity index (χ1n) is 6.28. The van der Waals surface area contributed by atoms with Crippen LogP contribution < -0.4 is 5.32 Å². The van der Waals surface area contributed by atoms with Gasteiger partial charge in [0.2, 0.25) is 10.0 Å². The van der Waals surface area contributed by atoms with E-state index in [4.69, 9.17) is 5.11 Å². The van der Waals surface area contributed by atoms with Crippen LogP contribution in [-0.4, -0.2) is 44.6 Å². The molecule has 1 rings (SSSR count). The van der Waals surface area contributed by atoms with Gasteiger partial charge >= 0.3 is 0 Å². The van der Waals surface area contributed by atoms with Crippen molar-refractivity contribution >= 4 is 15.7 Å². The van der Waals surface area contributed by atoms with Crippen molar-refractivity contribution in [1.29, 1.82) is 0 Å². The van der Waals surface area contributed by atoms with Gasteiger partial charge in [-0.25, -0.2) is 12.7 Å². The summed E-state index contributed by atoms with van der Waals surface area (Å²) >= 11 is 0. The summed E-state index contributed by atoms with van der Waals surface area (Å²) in [6.45, 7) is 2.21. The molecular formula is C13H22N2O3S. The second-order valence-electron chi connectivity index (χ2n) is 4.72. The summed E-state index contributed by atoms with van der Waals surface area (Å²) in [6, 6.07) is 6.94. The molecule has 0 radical (unpaired) electrons. The fraction of sp³-hybridized carbons (Fsp3) is 0.538. The molecule has 0 aliphatic carbocycles. The van der Waals surface area contributed by atoms with Gasteiger partial charge in [-0.2, -0.15) is 0 Å². The van der Waals surface area contributed by atoms with E-state index in [0.717, 1.165) is 18.5 Å². The molecule has 0 aliphatic rings. The summed E-state index contributed by atoms with van der Waals surface area (Å²) in [7, 11) is -0.339. The number of hydrogen-bond acceptors (Lipinski definition) is 4. The number of anilines is 1. The fourth-order valence-corrected chi connectivity index (χ4v) is 2.59. The predicted molar refractivity (Wildman–Crippen MR) is 76.7 cm³/mol. The normalized spacial score (nSPS) is 13.5. The van der Waals surface area contributed by atoms with Gasteiger partial charge in [-0.15, -0.1) is 0 Å². The zero-order valence-electron chi connectivity index (χ0n) is 11.6. The van der Waals surface area contributed by atoms with E-state index in [-0.39, 0.29) is 17.5 Å². The Morgan fingerprint density at radius 2 is 1.84 bits per heavy atom. The van der Waals surface area contributed by atoms with Gasteiger partial charge in [0.1, 0.15) is 0 Å². The lowest BCUT2D eigenvalue weighted by Gasteiger charge is -2.16. The summed E-state index contributed by atoms with van der Waals surface area (Å²) in [5.41, 5.74) is 0.878. The van der Waals surface area contributed by atoms with Gasteiger partial charge in [0.15, 0.2) is 0 Å². The Morgan fingerprint density at radius 1 is 1.26 bits per heavy atom. The number of hydrogen-bond donors (Lipinski definition) is 2. The van der Waals surface area contributed by atoms with Gasteiger partial charge in [-0.05, 0) is 44.0 Å². The van der Waals surface area contributed by atoms with E-state index in [9.17, 15) is 8.42 Å². The Kier molecular flexibility index (Phi) is 5.78. The molecule has 1 aromatic rings. The van der Waals surface area contributed by atoms with Gasteiger partial charge in [0.05, 0.1) is 4.90 Å². The molecule has 0 fully saturated rings. The van der Waals surface area contributed by atoms with Crippen LogP contribution >= 0.6 is 0 Å². The molecule has 1 aromatic carbocycles. The van der Waals surface area contributed by atoms with Crippen molar-refractivity contribution in [3.63, 3.8) is 0 Å². The summed E-state index contributed by atoms with van der Waals surface area (Å²) in [5.74, 6) is 0. The third kappa shape index (κ3) is 4.49. The van der Waals surface area contributed by atoms with E-state index in [1.807, 2.05) is 6.92 Å². The van der Waals surface area contributed by atoms with Gasteiger partial charge in [0.25, 0.3) is 0 Å². The molecule has 0 bridgehead atoms. The maximum absolute atomic E-state index is 11.9. The van der Waals surface area contributed by atoms with Crippen LogP contribution in [0.1, 0.15) is 19.8 Å². The van der Waals surface area contributed by atoms with Crippen LogP contribution in [0.3, 0.4) is 0 Å². The van der Waals surface area contributed by atoms with E-state index < -0.39 is 10.0 Å². The van der Waals surface area contributed by atoms with Crippen LogP contribution in [0.15, 0.2) is 29.2 Å². The number of sulfonamides is 1. The quantitative estimate of drug-likeness (QED) is 0.797. The van der Waals surface area contributed by atoms with Crippen molar-refractivity contribution < 1.29 is 13.5 Å². The fourth-order valence-electron chi connectivity index (χ4n) is 1.69. The first-order valence-corrected chi connectivity index (χ1v) is 7.72. The molecule has 0 aliphatic heterocycles. The molecule has 6 heteroatoms. The van der Waals surface area contributed by atoms with Crippen LogP contribution in [0.25, 0.3) is 0 Å². The summed E-state index contributed by atoms with van der Waals surface area (Å²) in [4.78, 5) is 0.283. The maximum atomic E-state index is 11.9. The Morgan fingerprint density at radius 3 is 2.32 bits per heavy atom. The minimum Gasteiger partial charge on any atom is -0.396 e. The largest absolute Gasteiger partial charge is 0.396 e. The van der Waals surface area contributed by atoms with Crippen molar-refractivity contribution in [3.8, 4) is 0 Å². The zero-order valence-corrected chi connectivity index (χ0v) is 12.4. The number of nitrogens with one attached hydrogen (secondary N) is 1. The third-order valence-electron chi connectivity index (χ3n) is 2.84. The molecule has 108 valence electrons. The molecular weight excluding hydrogens is 264 g/mol. The zero-order chi connectivity index (χ0) is 14.5. The number of nitrogens with zero attached hydrogens (tertiary/aromatic N) is 1. The SMILES string of the molecule is CC(CCCO)Nc1ccc(S(=O)(=O)N(C)C)cc1. The highest BCUT2D eigenvalue weighted by Gasteiger charge is 2.16. The van der Waals surface area contributed by atoms with E-state index >= 15 is 0 Å². The topological polar surface area (TPSA) is 69.6 Å². The lowest BCUT2D eigenvalue weighted by Crippen LogP contribution is -2.22. The minimum atomic E-state index is -3.36. The molecule has 2 N–H and O–H groups in total. The van der Waals surface area contributed by atoms with E-state index in [2.05, 4.69) is 5.32 Å². The number of rotatable bonds is 7. The number of benzene rings is 1. The van der Waals surface area contributed by atoms with Crippen LogP contribution in [-0.2, 0) is 10.0 Å². The highest BCUT2D eigenvalue weighted by atomic mass is 32.2. The molecule has 0 saturated heterocycles. The van der Waals surface area contributed by atoms with E-state index in [0.29, 0.717) is 0 Å². The number of aliphatic hydroxyl groups excluding tert-OH is 1. The van der Waals surface area contributed by atoms with Crippen LogP contribution in [0.2, 0.25) is 0 Å². The molecule has 1 unspecified atom stereocenters. The molecule has 5 nitrogen and oxygen atoms in total. The Balaban J connectivity index is 2.72. The minimum absolute atomic E-state index is 0.187. The lowest BCUT2D eigenvalue weighted by atomic mass is 10.2. The van der Waals surface area contributed by atoms with E-state index in [1.165, 1.54) is 18.4 Å². The first-order chi connectivity index (χ1) is 8.87.